The van der Waals surface area contributed by atoms with Crippen molar-refractivity contribution in [3.8, 4) is 17.2 Å². The van der Waals surface area contributed by atoms with E-state index in [0.717, 1.165) is 17.7 Å². The lowest BCUT2D eigenvalue weighted by molar-refractivity contribution is -0.148. The number of aliphatic carboxylic acids is 1. The molecule has 41 heavy (non-hydrogen) atoms. The predicted molar refractivity (Wildman–Crippen MR) is 151 cm³/mol. The monoisotopic (exact) mass is 568 g/mol. The third-order valence-electron chi connectivity index (χ3n) is 7.25. The van der Waals surface area contributed by atoms with E-state index in [1.165, 1.54) is 6.07 Å². The van der Waals surface area contributed by atoms with Gasteiger partial charge >= 0.3 is 12.1 Å². The average Bonchev–Trinajstić information content (AvgIpc) is 2.92. The molecule has 0 aliphatic carbocycles. The van der Waals surface area contributed by atoms with Gasteiger partial charge in [0, 0.05) is 18.1 Å². The first-order chi connectivity index (χ1) is 19.3. The maximum Gasteiger partial charge on any atom is 0.416 e. The van der Waals surface area contributed by atoms with Crippen molar-refractivity contribution >= 4 is 11.5 Å². The Morgan fingerprint density at radius 1 is 0.951 bits per heavy atom. The van der Waals surface area contributed by atoms with Gasteiger partial charge in [-0.2, -0.15) is 13.2 Å². The number of rotatable bonds is 11. The second-order valence-corrected chi connectivity index (χ2v) is 11.1. The number of carbonyl (C=O) groups is 1. The van der Waals surface area contributed by atoms with Crippen LogP contribution in [-0.2, 0) is 17.4 Å². The quantitative estimate of drug-likeness (QED) is 0.236. The molecule has 0 fully saturated rings. The van der Waals surface area contributed by atoms with Crippen molar-refractivity contribution in [2.45, 2.75) is 58.7 Å². The molecule has 3 aromatic rings. The van der Waals surface area contributed by atoms with Crippen molar-refractivity contribution in [2.75, 3.05) is 13.2 Å². The maximum atomic E-state index is 13.3. The van der Waals surface area contributed by atoms with Gasteiger partial charge in [0.1, 0.15) is 22.8 Å². The zero-order valence-electron chi connectivity index (χ0n) is 23.7. The Hall–Kier alpha value is -3.94. The van der Waals surface area contributed by atoms with E-state index in [1.54, 1.807) is 31.2 Å². The van der Waals surface area contributed by atoms with Crippen LogP contribution in [0.4, 0.5) is 13.2 Å². The lowest BCUT2D eigenvalue weighted by atomic mass is 9.81. The summed E-state index contributed by atoms with van der Waals surface area (Å²) in [6.07, 6.45) is -0.977. The number of ether oxygens (including phenoxy) is 3. The summed E-state index contributed by atoms with van der Waals surface area (Å²) in [5.74, 6) is 1.02. The zero-order valence-corrected chi connectivity index (χ0v) is 23.7. The van der Waals surface area contributed by atoms with Gasteiger partial charge in [-0.05, 0) is 92.8 Å². The van der Waals surface area contributed by atoms with Crippen LogP contribution in [0.5, 0.6) is 17.2 Å². The Morgan fingerprint density at radius 3 is 2.24 bits per heavy atom. The van der Waals surface area contributed by atoms with E-state index in [4.69, 9.17) is 14.2 Å². The van der Waals surface area contributed by atoms with Crippen LogP contribution < -0.4 is 14.2 Å². The van der Waals surface area contributed by atoms with Gasteiger partial charge in [0.25, 0.3) is 0 Å². The number of hydrogen-bond donors (Lipinski definition) is 1. The third-order valence-corrected chi connectivity index (χ3v) is 7.25. The molecule has 0 unspecified atom stereocenters. The third kappa shape index (κ3) is 7.43. The number of alkyl halides is 3. The number of benzene rings is 3. The topological polar surface area (TPSA) is 65.0 Å². The summed E-state index contributed by atoms with van der Waals surface area (Å²) in [6, 6.07) is 18.1. The summed E-state index contributed by atoms with van der Waals surface area (Å²) in [4.78, 5) is 11.6. The number of carboxylic acid groups (broad SMARTS) is 1. The number of halogens is 3. The molecule has 0 bridgehead atoms. The van der Waals surface area contributed by atoms with E-state index in [9.17, 15) is 23.1 Å². The van der Waals surface area contributed by atoms with E-state index in [2.05, 4.69) is 0 Å². The molecule has 0 saturated carbocycles. The highest BCUT2D eigenvalue weighted by Gasteiger charge is 2.33. The lowest BCUT2D eigenvalue weighted by Crippen LogP contribution is -2.29. The van der Waals surface area contributed by atoms with Crippen LogP contribution >= 0.6 is 0 Å². The molecule has 218 valence electrons. The minimum absolute atomic E-state index is 0.393. The molecule has 1 N–H and O–H groups in total. The van der Waals surface area contributed by atoms with Gasteiger partial charge in [0.15, 0.2) is 0 Å². The molecule has 0 amide bonds. The van der Waals surface area contributed by atoms with Crippen LogP contribution in [0.15, 0.2) is 72.8 Å². The standard InChI is InChI=1S/C33H35F3O5/c1-5-32(4,30(37)38)20-22-10-12-25(13-11-22)39-16-7-17-40-26-14-15-27-28(21-31(2,3)41-29(27)19-26)23-8-6-9-24(18-23)33(34,35)36/h6,8-15,18-19,21H,5,7,16-17,20H2,1-4H3,(H,37,38)/t32-/m0/s1. The molecule has 1 heterocycles. The normalized spacial score (nSPS) is 15.6. The first-order valence-electron chi connectivity index (χ1n) is 13.6. The van der Waals surface area contributed by atoms with Crippen LogP contribution in [0.25, 0.3) is 5.57 Å². The highest BCUT2D eigenvalue weighted by atomic mass is 19.4. The fourth-order valence-electron chi connectivity index (χ4n) is 4.68. The lowest BCUT2D eigenvalue weighted by Gasteiger charge is -2.31. The number of carboxylic acids is 1. The first-order valence-corrected chi connectivity index (χ1v) is 13.6. The van der Waals surface area contributed by atoms with Gasteiger partial charge in [-0.15, -0.1) is 0 Å². The molecule has 8 heteroatoms. The van der Waals surface area contributed by atoms with Gasteiger partial charge in [-0.1, -0.05) is 31.2 Å². The summed E-state index contributed by atoms with van der Waals surface area (Å²) in [6.45, 7) is 8.16. The molecular weight excluding hydrogens is 533 g/mol. The molecular formula is C33H35F3O5. The van der Waals surface area contributed by atoms with Gasteiger partial charge in [0.05, 0.1) is 24.2 Å². The largest absolute Gasteiger partial charge is 0.493 e. The first kappa shape index (κ1) is 30.0. The van der Waals surface area contributed by atoms with Crippen LogP contribution in [0.3, 0.4) is 0 Å². The number of fused-ring (bicyclic) bond motifs is 1. The molecule has 4 rings (SSSR count). The molecule has 5 nitrogen and oxygen atoms in total. The Balaban J connectivity index is 1.34. The van der Waals surface area contributed by atoms with Crippen molar-refractivity contribution in [1.29, 1.82) is 0 Å². The minimum atomic E-state index is -4.43. The Kier molecular flexibility index (Phi) is 8.71. The summed E-state index contributed by atoms with van der Waals surface area (Å²) in [7, 11) is 0. The fourth-order valence-corrected chi connectivity index (χ4v) is 4.68. The van der Waals surface area contributed by atoms with Crippen molar-refractivity contribution in [1.82, 2.24) is 0 Å². The summed E-state index contributed by atoms with van der Waals surface area (Å²) in [5, 5.41) is 9.49. The Bertz CT molecular complexity index is 1410. The van der Waals surface area contributed by atoms with E-state index in [1.807, 2.05) is 51.1 Å². The van der Waals surface area contributed by atoms with Crippen LogP contribution in [-0.4, -0.2) is 29.9 Å². The second-order valence-electron chi connectivity index (χ2n) is 11.1. The van der Waals surface area contributed by atoms with Crippen molar-refractivity contribution in [2.24, 2.45) is 5.41 Å². The van der Waals surface area contributed by atoms with Gasteiger partial charge < -0.3 is 19.3 Å². The molecule has 1 atom stereocenters. The summed E-state index contributed by atoms with van der Waals surface area (Å²) < 4.78 is 57.8. The highest BCUT2D eigenvalue weighted by molar-refractivity contribution is 5.85. The Labute approximate surface area is 238 Å². The fraction of sp³-hybridized carbons (Fsp3) is 0.364. The van der Waals surface area contributed by atoms with Crippen molar-refractivity contribution in [3.63, 3.8) is 0 Å². The van der Waals surface area contributed by atoms with Crippen molar-refractivity contribution < 1.29 is 37.3 Å². The number of hydrogen-bond acceptors (Lipinski definition) is 4. The summed E-state index contributed by atoms with van der Waals surface area (Å²) in [5.41, 5.74) is 0.571. The van der Waals surface area contributed by atoms with Gasteiger partial charge in [-0.3, -0.25) is 4.79 Å². The predicted octanol–water partition coefficient (Wildman–Crippen LogP) is 8.20. The van der Waals surface area contributed by atoms with Gasteiger partial charge in [-0.25, -0.2) is 0 Å². The maximum absolute atomic E-state index is 13.3. The van der Waals surface area contributed by atoms with E-state index >= 15 is 0 Å². The van der Waals surface area contributed by atoms with Crippen LogP contribution in [0, 0.1) is 5.41 Å². The summed E-state index contributed by atoms with van der Waals surface area (Å²) >= 11 is 0. The van der Waals surface area contributed by atoms with Crippen LogP contribution in [0.2, 0.25) is 0 Å². The zero-order chi connectivity index (χ0) is 29.8. The molecule has 0 aromatic heterocycles. The second kappa shape index (κ2) is 11.9. The Morgan fingerprint density at radius 2 is 1.61 bits per heavy atom. The van der Waals surface area contributed by atoms with Crippen LogP contribution in [0.1, 0.15) is 62.8 Å². The van der Waals surface area contributed by atoms with E-state index < -0.39 is 28.7 Å². The average molecular weight is 569 g/mol. The molecule has 3 aromatic carbocycles. The van der Waals surface area contributed by atoms with Gasteiger partial charge in [0.2, 0.25) is 0 Å². The highest BCUT2D eigenvalue weighted by Crippen LogP contribution is 2.42. The molecule has 0 radical (unpaired) electrons. The minimum Gasteiger partial charge on any atom is -0.493 e. The molecule has 0 spiro atoms. The molecule has 1 aliphatic rings. The molecule has 0 saturated heterocycles. The SMILES string of the molecule is CC[C@@](C)(Cc1ccc(OCCCOc2ccc3c(c2)OC(C)(C)C=C3c2cccc(C(F)(F)F)c2)cc1)C(=O)O. The molecule has 1 aliphatic heterocycles. The van der Waals surface area contributed by atoms with Crippen molar-refractivity contribution in [3.05, 3.63) is 95.1 Å². The smallest absolute Gasteiger partial charge is 0.416 e. The van der Waals surface area contributed by atoms with E-state index in [-0.39, 0.29) is 0 Å². The van der Waals surface area contributed by atoms with E-state index in [0.29, 0.717) is 66.4 Å².